The second-order valence-corrected chi connectivity index (χ2v) is 6.95. The van der Waals surface area contributed by atoms with Crippen LogP contribution in [0.5, 0.6) is 0 Å². The number of piperazine rings is 1. The Morgan fingerprint density at radius 3 is 2.40 bits per heavy atom. The number of nitrogens with one attached hydrogen (secondary N) is 1. The molecular formula is C17H21ClF4N2O. The van der Waals surface area contributed by atoms with Crippen LogP contribution in [-0.2, 0) is 10.9 Å². The third kappa shape index (κ3) is 4.27. The summed E-state index contributed by atoms with van der Waals surface area (Å²) in [4.78, 5) is 2.07. The molecule has 2 heterocycles. The minimum atomic E-state index is -4.56. The zero-order valence-corrected chi connectivity index (χ0v) is 14.5. The highest BCUT2D eigenvalue weighted by Gasteiger charge is 2.37. The maximum Gasteiger partial charge on any atom is 0.416 e. The minimum Gasteiger partial charge on any atom is -0.381 e. The second-order valence-electron chi connectivity index (χ2n) is 6.54. The zero-order valence-electron chi connectivity index (χ0n) is 13.7. The van der Waals surface area contributed by atoms with Crippen LogP contribution in [0.4, 0.5) is 17.6 Å². The molecule has 1 N–H and O–H groups in total. The fourth-order valence-electron chi connectivity index (χ4n) is 3.73. The van der Waals surface area contributed by atoms with Crippen LogP contribution in [-0.4, -0.2) is 44.3 Å². The Morgan fingerprint density at radius 2 is 1.80 bits per heavy atom. The van der Waals surface area contributed by atoms with Crippen LogP contribution < -0.4 is 5.32 Å². The van der Waals surface area contributed by atoms with Gasteiger partial charge in [0.25, 0.3) is 0 Å². The summed E-state index contributed by atoms with van der Waals surface area (Å²) in [6, 6.07) is 1.17. The quantitative estimate of drug-likeness (QED) is 0.806. The first-order valence-electron chi connectivity index (χ1n) is 8.46. The van der Waals surface area contributed by atoms with Gasteiger partial charge in [-0.05, 0) is 30.9 Å². The van der Waals surface area contributed by atoms with E-state index in [-0.39, 0.29) is 11.5 Å². The molecule has 2 aliphatic rings. The molecule has 0 bridgehead atoms. The summed E-state index contributed by atoms with van der Waals surface area (Å²) in [7, 11) is 0. The molecule has 2 fully saturated rings. The van der Waals surface area contributed by atoms with Gasteiger partial charge in [0.1, 0.15) is 5.82 Å². The summed E-state index contributed by atoms with van der Waals surface area (Å²) < 4.78 is 59.7. The number of hydrogen-bond acceptors (Lipinski definition) is 3. The average Bonchev–Trinajstić information content (AvgIpc) is 2.60. The molecule has 0 aromatic heterocycles. The number of rotatable bonds is 3. The van der Waals surface area contributed by atoms with Gasteiger partial charge < -0.3 is 10.1 Å². The molecule has 0 radical (unpaired) electrons. The molecule has 0 spiro atoms. The molecule has 0 aliphatic carbocycles. The maximum absolute atomic E-state index is 14.8. The van der Waals surface area contributed by atoms with Gasteiger partial charge in [-0.2, -0.15) is 13.2 Å². The van der Waals surface area contributed by atoms with E-state index in [4.69, 9.17) is 16.3 Å². The highest BCUT2D eigenvalue weighted by atomic mass is 35.5. The second kappa shape index (κ2) is 7.78. The van der Waals surface area contributed by atoms with Crippen molar-refractivity contribution in [1.82, 2.24) is 10.2 Å². The summed E-state index contributed by atoms with van der Waals surface area (Å²) in [5.41, 5.74) is -0.852. The van der Waals surface area contributed by atoms with Crippen molar-refractivity contribution < 1.29 is 22.3 Å². The van der Waals surface area contributed by atoms with Crippen LogP contribution in [0.15, 0.2) is 12.1 Å². The Labute approximate surface area is 149 Å². The van der Waals surface area contributed by atoms with Crippen molar-refractivity contribution in [2.45, 2.75) is 25.1 Å². The van der Waals surface area contributed by atoms with Gasteiger partial charge in [-0.25, -0.2) is 4.39 Å². The first kappa shape index (κ1) is 18.9. The molecule has 1 atom stereocenters. The lowest BCUT2D eigenvalue weighted by molar-refractivity contribution is -0.137. The molecule has 2 saturated heterocycles. The molecule has 140 valence electrons. The Balaban J connectivity index is 2.03. The van der Waals surface area contributed by atoms with Crippen LogP contribution >= 0.6 is 11.6 Å². The summed E-state index contributed by atoms with van der Waals surface area (Å²) in [5.74, 6) is -0.703. The van der Waals surface area contributed by atoms with Crippen molar-refractivity contribution in [3.63, 3.8) is 0 Å². The van der Waals surface area contributed by atoms with Crippen molar-refractivity contribution in [1.29, 1.82) is 0 Å². The molecule has 25 heavy (non-hydrogen) atoms. The molecule has 0 saturated carbocycles. The van der Waals surface area contributed by atoms with Gasteiger partial charge in [0, 0.05) is 51.0 Å². The van der Waals surface area contributed by atoms with Crippen LogP contribution in [0.2, 0.25) is 5.02 Å². The first-order valence-corrected chi connectivity index (χ1v) is 8.84. The number of halogens is 5. The fraction of sp³-hybridized carbons (Fsp3) is 0.647. The van der Waals surface area contributed by atoms with Gasteiger partial charge in [-0.3, -0.25) is 4.90 Å². The lowest BCUT2D eigenvalue weighted by atomic mass is 9.84. The molecule has 0 unspecified atom stereocenters. The third-order valence-electron chi connectivity index (χ3n) is 4.96. The fourth-order valence-corrected chi connectivity index (χ4v) is 3.96. The van der Waals surface area contributed by atoms with E-state index in [1.54, 1.807) is 0 Å². The molecule has 0 amide bonds. The molecule has 3 rings (SSSR count). The van der Waals surface area contributed by atoms with Crippen molar-refractivity contribution >= 4 is 11.6 Å². The molecule has 1 aromatic carbocycles. The van der Waals surface area contributed by atoms with Crippen molar-refractivity contribution in [3.8, 4) is 0 Å². The van der Waals surface area contributed by atoms with Gasteiger partial charge in [0.05, 0.1) is 10.6 Å². The number of ether oxygens (including phenoxy) is 1. The SMILES string of the molecule is Fc1c(Cl)cc(C(F)(F)F)cc1[C@H](C1CCOCC1)N1CCNCC1. The normalized spacial score (nSPS) is 22.1. The summed E-state index contributed by atoms with van der Waals surface area (Å²) >= 11 is 5.82. The first-order chi connectivity index (χ1) is 11.9. The van der Waals surface area contributed by atoms with Crippen LogP contribution in [0, 0.1) is 11.7 Å². The lowest BCUT2D eigenvalue weighted by Gasteiger charge is -2.41. The van der Waals surface area contributed by atoms with E-state index < -0.39 is 28.6 Å². The topological polar surface area (TPSA) is 24.5 Å². The van der Waals surface area contributed by atoms with Crippen LogP contribution in [0.25, 0.3) is 0 Å². The predicted molar refractivity (Wildman–Crippen MR) is 87.1 cm³/mol. The van der Waals surface area contributed by atoms with Crippen molar-refractivity contribution in [2.75, 3.05) is 39.4 Å². The monoisotopic (exact) mass is 380 g/mol. The average molecular weight is 381 g/mol. The van der Waals surface area contributed by atoms with Gasteiger partial charge in [-0.15, -0.1) is 0 Å². The number of hydrogen-bond donors (Lipinski definition) is 1. The summed E-state index contributed by atoms with van der Waals surface area (Å²) in [6.45, 7) is 3.87. The Bertz CT molecular complexity index is 581. The van der Waals surface area contributed by atoms with E-state index in [0.29, 0.717) is 45.2 Å². The smallest absolute Gasteiger partial charge is 0.381 e. The van der Waals surface area contributed by atoms with E-state index in [0.717, 1.165) is 19.2 Å². The van der Waals surface area contributed by atoms with E-state index in [9.17, 15) is 17.6 Å². The third-order valence-corrected chi connectivity index (χ3v) is 5.23. The highest BCUT2D eigenvalue weighted by molar-refractivity contribution is 6.30. The van der Waals surface area contributed by atoms with E-state index in [1.165, 1.54) is 0 Å². The lowest BCUT2D eigenvalue weighted by Crippen LogP contribution is -2.47. The molecule has 3 nitrogen and oxygen atoms in total. The number of alkyl halides is 3. The molecule has 1 aromatic rings. The number of nitrogens with zero attached hydrogens (tertiary/aromatic N) is 1. The molecular weight excluding hydrogens is 360 g/mol. The van der Waals surface area contributed by atoms with E-state index in [2.05, 4.69) is 10.2 Å². The Kier molecular flexibility index (Phi) is 5.88. The zero-order chi connectivity index (χ0) is 18.0. The van der Waals surface area contributed by atoms with Crippen LogP contribution in [0.3, 0.4) is 0 Å². The summed E-state index contributed by atoms with van der Waals surface area (Å²) in [5, 5.41) is 2.74. The standard InChI is InChI=1S/C17H21ClF4N2O/c18-14-10-12(17(20,21)22)9-13(15(14)19)16(11-1-7-25-8-2-11)24-5-3-23-4-6-24/h9-11,16,23H,1-8H2/t16-/m0/s1. The summed E-state index contributed by atoms with van der Waals surface area (Å²) in [6.07, 6.45) is -3.17. The van der Waals surface area contributed by atoms with Crippen molar-refractivity contribution in [2.24, 2.45) is 5.92 Å². The van der Waals surface area contributed by atoms with E-state index >= 15 is 0 Å². The van der Waals surface area contributed by atoms with Crippen molar-refractivity contribution in [3.05, 3.63) is 34.1 Å². The van der Waals surface area contributed by atoms with Gasteiger partial charge in [0.15, 0.2) is 0 Å². The molecule has 2 aliphatic heterocycles. The Hall–Kier alpha value is -0.890. The largest absolute Gasteiger partial charge is 0.416 e. The minimum absolute atomic E-state index is 0.0425. The maximum atomic E-state index is 14.8. The Morgan fingerprint density at radius 1 is 1.16 bits per heavy atom. The van der Waals surface area contributed by atoms with E-state index in [1.807, 2.05) is 0 Å². The predicted octanol–water partition coefficient (Wildman–Crippen LogP) is 3.87. The van der Waals surface area contributed by atoms with Gasteiger partial charge >= 0.3 is 6.18 Å². The molecule has 8 heteroatoms. The highest BCUT2D eigenvalue weighted by Crippen LogP contribution is 2.41. The van der Waals surface area contributed by atoms with Crippen LogP contribution in [0.1, 0.15) is 30.0 Å². The van der Waals surface area contributed by atoms with Gasteiger partial charge in [-0.1, -0.05) is 11.6 Å². The van der Waals surface area contributed by atoms with Gasteiger partial charge in [0.2, 0.25) is 0 Å². The number of benzene rings is 1.